The largest absolute Gasteiger partial charge is 0.463 e. The summed E-state index contributed by atoms with van der Waals surface area (Å²) in [5.74, 6) is -7.68. The number of fused-ring (bicyclic) bond motifs is 3. The Labute approximate surface area is 474 Å². The van der Waals surface area contributed by atoms with Crippen molar-refractivity contribution >= 4 is 47.0 Å². The third-order valence-corrected chi connectivity index (χ3v) is 17.1. The molecule has 0 aromatic carbocycles. The van der Waals surface area contributed by atoms with Gasteiger partial charge in [0.25, 0.3) is 11.7 Å². The van der Waals surface area contributed by atoms with Crippen molar-refractivity contribution in [3.05, 3.63) is 47.6 Å². The van der Waals surface area contributed by atoms with Crippen molar-refractivity contribution < 1.29 is 81.6 Å². The molecule has 2 N–H and O–H groups in total. The normalized spacial score (nSPS) is 35.3. The summed E-state index contributed by atoms with van der Waals surface area (Å²) in [6.07, 6.45) is 11.4. The molecule has 2 bridgehead atoms. The van der Waals surface area contributed by atoms with Crippen LogP contribution in [0.5, 0.6) is 0 Å². The summed E-state index contributed by atoms with van der Waals surface area (Å²) in [6, 6.07) is -1.17. The third kappa shape index (κ3) is 20.9. The lowest BCUT2D eigenvalue weighted by Gasteiger charge is -2.42. The average molecular weight is 1130 g/mol. The highest BCUT2D eigenvalue weighted by atomic mass is 32.2. The molecule has 3 heterocycles. The van der Waals surface area contributed by atoms with Gasteiger partial charge in [0.2, 0.25) is 5.79 Å². The number of hydrogen-bond acceptors (Lipinski definition) is 18. The first-order valence-corrected chi connectivity index (χ1v) is 29.7. The topological polar surface area (TPSA) is 229 Å². The van der Waals surface area contributed by atoms with Gasteiger partial charge < -0.3 is 57.7 Å². The number of nitrogens with zero attached hydrogens (tertiary/aromatic N) is 1. The summed E-state index contributed by atoms with van der Waals surface area (Å²) in [5.41, 5.74) is 1.24. The van der Waals surface area contributed by atoms with Crippen LogP contribution in [0.15, 0.2) is 47.6 Å². The van der Waals surface area contributed by atoms with Gasteiger partial charge in [-0.05, 0) is 107 Å². The van der Waals surface area contributed by atoms with Crippen LogP contribution in [-0.4, -0.2) is 184 Å². The number of esters is 2. The lowest BCUT2D eigenvalue weighted by Crippen LogP contribution is -2.61. The second-order valence-corrected chi connectivity index (χ2v) is 23.4. The zero-order valence-corrected chi connectivity index (χ0v) is 49.9. The van der Waals surface area contributed by atoms with E-state index < -0.39 is 77.8 Å². The van der Waals surface area contributed by atoms with Crippen molar-refractivity contribution in [1.82, 2.24) is 4.90 Å². The predicted molar refractivity (Wildman–Crippen MR) is 300 cm³/mol. The minimum absolute atomic E-state index is 0.00288. The van der Waals surface area contributed by atoms with Gasteiger partial charge in [0.15, 0.2) is 5.78 Å². The van der Waals surface area contributed by atoms with E-state index in [2.05, 4.69) is 0 Å². The van der Waals surface area contributed by atoms with Crippen LogP contribution in [0.2, 0.25) is 0 Å². The number of ether oxygens (including phenoxy) is 9. The van der Waals surface area contributed by atoms with E-state index in [1.54, 1.807) is 48.2 Å². The molecule has 4 aliphatic rings. The summed E-state index contributed by atoms with van der Waals surface area (Å²) in [7, 11) is 6.19. The first-order chi connectivity index (χ1) is 37.7. The van der Waals surface area contributed by atoms with Gasteiger partial charge in [-0.15, -0.1) is 11.8 Å². The van der Waals surface area contributed by atoms with Gasteiger partial charge >= 0.3 is 11.9 Å². The highest BCUT2D eigenvalue weighted by molar-refractivity contribution is 7.99. The number of methoxy groups -OCH3 is 4. The van der Waals surface area contributed by atoms with Crippen LogP contribution in [-0.2, 0) is 71.4 Å². The molecule has 448 valence electrons. The molecule has 1 amide bonds. The fraction of sp³-hybridized carbons (Fsp3) is 0.767. The molecule has 15 atom stereocenters. The lowest BCUT2D eigenvalue weighted by molar-refractivity contribution is -0.265. The number of ketones is 3. The Hall–Kier alpha value is -3.63. The number of cyclic esters (lactones) is 1. The molecule has 3 fully saturated rings. The number of aliphatic hydroxyl groups excluding tert-OH is 1. The van der Waals surface area contributed by atoms with Gasteiger partial charge in [-0.2, -0.15) is 0 Å². The van der Waals surface area contributed by atoms with Crippen molar-refractivity contribution in [2.45, 2.75) is 180 Å². The van der Waals surface area contributed by atoms with Gasteiger partial charge in [-0.25, -0.2) is 4.79 Å². The number of carbonyl (C=O) groups is 6. The number of rotatable bonds is 18. The number of Topliss-reactive ketones (excluding diaryl/α,β-unsaturated/α-hetero) is 3. The fourth-order valence-electron chi connectivity index (χ4n) is 11.2. The number of aliphatic hydroxyl groups is 2. The Morgan fingerprint density at radius 1 is 0.835 bits per heavy atom. The highest BCUT2D eigenvalue weighted by Crippen LogP contribution is 2.38. The molecule has 0 radical (unpaired) electrons. The number of amides is 1. The molecule has 79 heavy (non-hydrogen) atoms. The Bertz CT molecular complexity index is 2080. The minimum Gasteiger partial charge on any atom is -0.463 e. The van der Waals surface area contributed by atoms with Crippen LogP contribution in [0.25, 0.3) is 0 Å². The van der Waals surface area contributed by atoms with Crippen LogP contribution in [0.4, 0.5) is 0 Å². The smallest absolute Gasteiger partial charge is 0.329 e. The van der Waals surface area contributed by atoms with Crippen LogP contribution in [0.1, 0.15) is 126 Å². The number of allylic oxidation sites excluding steroid dienone is 6. The maximum absolute atomic E-state index is 14.6. The van der Waals surface area contributed by atoms with Gasteiger partial charge in [0, 0.05) is 71.3 Å². The molecular weight excluding hydrogens is 1040 g/mol. The molecule has 0 unspecified atom stereocenters. The average Bonchev–Trinajstić information content (AvgIpc) is 3.57. The Kier molecular flexibility index (Phi) is 29.8. The van der Waals surface area contributed by atoms with E-state index in [1.165, 1.54) is 23.8 Å². The molecule has 18 nitrogen and oxygen atoms in total. The summed E-state index contributed by atoms with van der Waals surface area (Å²) in [4.78, 5) is 85.1. The van der Waals surface area contributed by atoms with Crippen LogP contribution in [0.3, 0.4) is 0 Å². The van der Waals surface area contributed by atoms with Crippen LogP contribution in [0, 0.1) is 35.5 Å². The molecule has 0 aromatic heterocycles. The van der Waals surface area contributed by atoms with E-state index in [0.717, 1.165) is 12.0 Å². The number of hydrogen-bond donors (Lipinski definition) is 2. The monoisotopic (exact) mass is 1130 g/mol. The fourth-order valence-corrected chi connectivity index (χ4v) is 11.8. The van der Waals surface area contributed by atoms with Crippen LogP contribution < -0.4 is 0 Å². The molecule has 19 heteroatoms. The van der Waals surface area contributed by atoms with E-state index in [9.17, 15) is 39.0 Å². The van der Waals surface area contributed by atoms with Gasteiger partial charge in [-0.1, -0.05) is 71.1 Å². The quantitative estimate of drug-likeness (QED) is 0.0601. The Balaban J connectivity index is 1.57. The maximum Gasteiger partial charge on any atom is 0.329 e. The van der Waals surface area contributed by atoms with E-state index >= 15 is 0 Å². The molecule has 2 saturated heterocycles. The number of piperidine rings is 1. The lowest BCUT2D eigenvalue weighted by atomic mass is 9.78. The third-order valence-electron chi connectivity index (χ3n) is 16.2. The van der Waals surface area contributed by atoms with E-state index in [-0.39, 0.29) is 85.9 Å². The van der Waals surface area contributed by atoms with Crippen molar-refractivity contribution in [3.63, 3.8) is 0 Å². The summed E-state index contributed by atoms with van der Waals surface area (Å²) < 4.78 is 51.9. The Morgan fingerprint density at radius 2 is 1.59 bits per heavy atom. The first-order valence-electron chi connectivity index (χ1n) is 28.6. The predicted octanol–water partition coefficient (Wildman–Crippen LogP) is 7.14. The standard InChI is InChI=1S/C60H95NO17S/c1-38-17-13-12-14-18-39(2)50(71-9)35-46-22-20-44(7)60(69,78-46)57(66)58(67)61-24-16-15-19-47(61)59(68)77-51(36-48(62)40(3)32-43(6)55(65)56(73-11)54(64)42(5)31-38)41(4)33-45-21-23-49(52(34-45)72-10)75-27-28-76-53(63)37-79-30-29-74-26-25-70-8/h12-14,17-18,32,38,40-42,44-47,49-52,55-56,65,69H,15-16,19-31,33-37H2,1-11H3/b14-12+,17-13+,39-18+,43-32+/t38-,40-,41-,42-,44-,45+,46+,47+,49-,50+,51+,52-,55-,56+,60-/m1/s1. The van der Waals surface area contributed by atoms with Gasteiger partial charge in [-0.3, -0.25) is 24.0 Å². The highest BCUT2D eigenvalue weighted by Gasteiger charge is 2.53. The van der Waals surface area contributed by atoms with Gasteiger partial charge in [0.05, 0.1) is 56.6 Å². The summed E-state index contributed by atoms with van der Waals surface area (Å²) in [6.45, 7) is 14.6. The number of thioether (sulfide) groups is 1. The summed E-state index contributed by atoms with van der Waals surface area (Å²) >= 11 is 1.43. The van der Waals surface area contributed by atoms with Crippen molar-refractivity contribution in [3.8, 4) is 0 Å². The minimum atomic E-state index is -2.45. The van der Waals surface area contributed by atoms with E-state index in [0.29, 0.717) is 88.9 Å². The SMILES string of the molecule is COCCOCCSCC(=O)OCCO[C@@H]1CC[C@@H](C[C@@H](C)[C@@H]2CC(=O)[C@H](C)/C=C(\C)[C@@H](O)[C@@H](OC)C(=O)[C@H](C)C[C@H](C)/C=C/C=C/C=C(\C)[C@@H](OC)C[C@@H]3CC[C@@H](C)[C@@](O)(O3)C(=O)C(=O)N3CCCC[C@H]3C(=O)O2)C[C@H]1OC. The maximum atomic E-state index is 14.6. The molecule has 0 aromatic rings. The van der Waals surface area contributed by atoms with Crippen molar-refractivity contribution in [2.75, 3.05) is 79.5 Å². The zero-order chi connectivity index (χ0) is 58.2. The zero-order valence-electron chi connectivity index (χ0n) is 49.1. The second kappa shape index (κ2) is 34.7. The molecule has 0 spiro atoms. The summed E-state index contributed by atoms with van der Waals surface area (Å²) in [5, 5.41) is 23.6. The van der Waals surface area contributed by atoms with Gasteiger partial charge in [0.1, 0.15) is 36.7 Å². The first kappa shape index (κ1) is 67.9. The molecular formula is C60H95NO17S. The molecule has 3 aliphatic heterocycles. The Morgan fingerprint density at radius 3 is 2.30 bits per heavy atom. The van der Waals surface area contributed by atoms with Crippen molar-refractivity contribution in [2.24, 2.45) is 35.5 Å². The van der Waals surface area contributed by atoms with E-state index in [4.69, 9.17) is 42.6 Å². The van der Waals surface area contributed by atoms with E-state index in [1.807, 2.05) is 58.1 Å². The molecule has 1 aliphatic carbocycles. The molecule has 4 rings (SSSR count). The molecule has 1 saturated carbocycles. The second-order valence-electron chi connectivity index (χ2n) is 22.3. The van der Waals surface area contributed by atoms with Crippen LogP contribution >= 0.6 is 11.8 Å². The number of carbonyl (C=O) groups excluding carboxylic acids is 6. The van der Waals surface area contributed by atoms with Crippen molar-refractivity contribution in [1.29, 1.82) is 0 Å².